The lowest BCUT2D eigenvalue weighted by Crippen LogP contribution is -2.26. The van der Waals surface area contributed by atoms with E-state index in [1.54, 1.807) is 26.2 Å². The van der Waals surface area contributed by atoms with Crippen molar-refractivity contribution in [2.24, 2.45) is 0 Å². The van der Waals surface area contributed by atoms with E-state index in [9.17, 15) is 14.4 Å². The van der Waals surface area contributed by atoms with Crippen molar-refractivity contribution in [2.45, 2.75) is 26.4 Å². The molecule has 0 saturated heterocycles. The standard InChI is InChI=1S/C29H27NO7/c1-19-25(36-26(31)9-6-16-30-29(33)35-18-20-7-4-3-5-8-20)15-14-23-24(17-27(32)37-28(19)23)21-10-12-22(34-2)13-11-21/h3-5,7-8,10-15,17H,6,9,16,18H2,1-2H3,(H,30,33). The van der Waals surface area contributed by atoms with E-state index >= 15 is 0 Å². The van der Waals surface area contributed by atoms with Gasteiger partial charge in [0.25, 0.3) is 0 Å². The highest BCUT2D eigenvalue weighted by atomic mass is 16.5. The number of alkyl carbamates (subject to hydrolysis) is 1. The Morgan fingerprint density at radius 1 is 0.973 bits per heavy atom. The molecule has 37 heavy (non-hydrogen) atoms. The second-order valence-corrected chi connectivity index (χ2v) is 8.34. The number of carbonyl (C=O) groups is 2. The number of hydrogen-bond donors (Lipinski definition) is 1. The van der Waals surface area contributed by atoms with Crippen molar-refractivity contribution in [2.75, 3.05) is 13.7 Å². The Kier molecular flexibility index (Phi) is 8.20. The van der Waals surface area contributed by atoms with Crippen LogP contribution in [0.15, 0.2) is 82.0 Å². The van der Waals surface area contributed by atoms with Gasteiger partial charge in [-0.25, -0.2) is 9.59 Å². The number of hydrogen-bond acceptors (Lipinski definition) is 7. The molecule has 0 atom stereocenters. The van der Waals surface area contributed by atoms with Crippen LogP contribution in [0, 0.1) is 6.92 Å². The number of methoxy groups -OCH3 is 1. The number of ether oxygens (including phenoxy) is 3. The van der Waals surface area contributed by atoms with Gasteiger partial charge in [-0.15, -0.1) is 0 Å². The zero-order chi connectivity index (χ0) is 26.2. The first-order valence-electron chi connectivity index (χ1n) is 11.8. The van der Waals surface area contributed by atoms with Crippen LogP contribution < -0.4 is 20.4 Å². The molecule has 0 saturated carbocycles. The van der Waals surface area contributed by atoms with Gasteiger partial charge in [-0.2, -0.15) is 0 Å². The molecule has 4 aromatic rings. The van der Waals surface area contributed by atoms with Crippen molar-refractivity contribution in [1.82, 2.24) is 5.32 Å². The van der Waals surface area contributed by atoms with E-state index < -0.39 is 17.7 Å². The van der Waals surface area contributed by atoms with Crippen LogP contribution in [0.4, 0.5) is 4.79 Å². The zero-order valence-electron chi connectivity index (χ0n) is 20.6. The summed E-state index contributed by atoms with van der Waals surface area (Å²) in [5.74, 6) is 0.555. The molecule has 190 valence electrons. The van der Waals surface area contributed by atoms with Crippen molar-refractivity contribution in [3.05, 3.63) is 94.3 Å². The summed E-state index contributed by atoms with van der Waals surface area (Å²) < 4.78 is 21.3. The smallest absolute Gasteiger partial charge is 0.407 e. The Bertz CT molecular complexity index is 1440. The summed E-state index contributed by atoms with van der Waals surface area (Å²) in [6.07, 6.45) is -0.0835. The molecule has 0 unspecified atom stereocenters. The highest BCUT2D eigenvalue weighted by Gasteiger charge is 2.15. The third-order valence-electron chi connectivity index (χ3n) is 5.78. The van der Waals surface area contributed by atoms with Crippen molar-refractivity contribution < 1.29 is 28.2 Å². The van der Waals surface area contributed by atoms with Crippen LogP contribution in [-0.4, -0.2) is 25.7 Å². The minimum atomic E-state index is -0.551. The number of carbonyl (C=O) groups excluding carboxylic acids is 2. The largest absolute Gasteiger partial charge is 0.497 e. The van der Waals surface area contributed by atoms with Gasteiger partial charge in [-0.3, -0.25) is 4.79 Å². The summed E-state index contributed by atoms with van der Waals surface area (Å²) in [6, 6.07) is 21.6. The summed E-state index contributed by atoms with van der Waals surface area (Å²) in [5.41, 5.74) is 2.82. The van der Waals surface area contributed by atoms with Gasteiger partial charge in [0, 0.05) is 30.0 Å². The van der Waals surface area contributed by atoms with Crippen LogP contribution in [-0.2, 0) is 16.1 Å². The number of benzene rings is 3. The van der Waals surface area contributed by atoms with E-state index in [2.05, 4.69) is 5.32 Å². The highest BCUT2D eigenvalue weighted by Crippen LogP contribution is 2.33. The summed E-state index contributed by atoms with van der Waals surface area (Å²) >= 11 is 0. The van der Waals surface area contributed by atoms with Crippen LogP contribution in [0.3, 0.4) is 0 Å². The monoisotopic (exact) mass is 501 g/mol. The topological polar surface area (TPSA) is 104 Å². The molecule has 0 aliphatic rings. The molecule has 3 aromatic carbocycles. The first kappa shape index (κ1) is 25.5. The number of rotatable bonds is 9. The molecule has 1 heterocycles. The summed E-state index contributed by atoms with van der Waals surface area (Å²) in [6.45, 7) is 2.17. The molecule has 1 amide bonds. The maximum atomic E-state index is 12.4. The molecular weight excluding hydrogens is 474 g/mol. The summed E-state index contributed by atoms with van der Waals surface area (Å²) in [4.78, 5) is 36.5. The van der Waals surface area contributed by atoms with Crippen molar-refractivity contribution in [3.8, 4) is 22.6 Å². The second-order valence-electron chi connectivity index (χ2n) is 8.34. The predicted octanol–water partition coefficient (Wildman–Crippen LogP) is 5.39. The van der Waals surface area contributed by atoms with Crippen LogP contribution in [0.25, 0.3) is 22.1 Å². The molecular formula is C29H27NO7. The minimum absolute atomic E-state index is 0.0896. The second kappa shape index (κ2) is 11.9. The molecule has 4 rings (SSSR count). The molecule has 1 aromatic heterocycles. The van der Waals surface area contributed by atoms with Gasteiger partial charge in [0.2, 0.25) is 0 Å². The van der Waals surface area contributed by atoms with Gasteiger partial charge in [0.05, 0.1) is 7.11 Å². The maximum absolute atomic E-state index is 12.4. The number of nitrogens with one attached hydrogen (secondary N) is 1. The highest BCUT2D eigenvalue weighted by molar-refractivity contribution is 5.96. The number of esters is 1. The van der Waals surface area contributed by atoms with E-state index in [4.69, 9.17) is 18.6 Å². The molecule has 0 aliphatic heterocycles. The first-order chi connectivity index (χ1) is 17.9. The molecule has 0 fully saturated rings. The van der Waals surface area contributed by atoms with Crippen LogP contribution in [0.5, 0.6) is 11.5 Å². The van der Waals surface area contributed by atoms with Crippen LogP contribution >= 0.6 is 0 Å². The molecule has 0 spiro atoms. The third kappa shape index (κ3) is 6.55. The molecule has 8 heteroatoms. The average Bonchev–Trinajstić information content (AvgIpc) is 2.92. The molecule has 8 nitrogen and oxygen atoms in total. The van der Waals surface area contributed by atoms with E-state index in [0.29, 0.717) is 34.6 Å². The van der Waals surface area contributed by atoms with Crippen molar-refractivity contribution in [3.63, 3.8) is 0 Å². The van der Waals surface area contributed by atoms with E-state index in [-0.39, 0.29) is 19.6 Å². The normalized spacial score (nSPS) is 10.6. The fraction of sp³-hybridized carbons (Fsp3) is 0.207. The number of fused-ring (bicyclic) bond motifs is 1. The fourth-order valence-electron chi connectivity index (χ4n) is 3.83. The van der Waals surface area contributed by atoms with E-state index in [1.165, 1.54) is 6.07 Å². The minimum Gasteiger partial charge on any atom is -0.497 e. The molecule has 0 aliphatic carbocycles. The van der Waals surface area contributed by atoms with Gasteiger partial charge in [0.15, 0.2) is 0 Å². The lowest BCUT2D eigenvalue weighted by atomic mass is 10.00. The van der Waals surface area contributed by atoms with Gasteiger partial charge < -0.3 is 23.9 Å². The fourth-order valence-corrected chi connectivity index (χ4v) is 3.83. The maximum Gasteiger partial charge on any atom is 0.407 e. The van der Waals surface area contributed by atoms with E-state index in [1.807, 2.05) is 54.6 Å². The summed E-state index contributed by atoms with van der Waals surface area (Å²) in [5, 5.41) is 3.34. The Hall–Kier alpha value is -4.59. The number of aryl methyl sites for hydroxylation is 1. The van der Waals surface area contributed by atoms with Gasteiger partial charge in [0.1, 0.15) is 23.7 Å². The predicted molar refractivity (Wildman–Crippen MR) is 139 cm³/mol. The van der Waals surface area contributed by atoms with Gasteiger partial charge in [-0.1, -0.05) is 42.5 Å². The zero-order valence-corrected chi connectivity index (χ0v) is 20.6. The molecule has 0 radical (unpaired) electrons. The number of amides is 1. The Morgan fingerprint density at radius 2 is 1.73 bits per heavy atom. The SMILES string of the molecule is COc1ccc(-c2cc(=O)oc3c(C)c(OC(=O)CCCNC(=O)OCc4ccccc4)ccc23)cc1. The quantitative estimate of drug-likeness (QED) is 0.142. The van der Waals surface area contributed by atoms with Crippen molar-refractivity contribution >= 4 is 23.0 Å². The Labute approximate surface area is 213 Å². The average molecular weight is 502 g/mol. The Morgan fingerprint density at radius 3 is 2.46 bits per heavy atom. The lowest BCUT2D eigenvalue weighted by molar-refractivity contribution is -0.134. The first-order valence-corrected chi connectivity index (χ1v) is 11.8. The van der Waals surface area contributed by atoms with Gasteiger partial charge in [-0.05, 0) is 54.3 Å². The van der Waals surface area contributed by atoms with E-state index in [0.717, 1.165) is 16.5 Å². The third-order valence-corrected chi connectivity index (χ3v) is 5.78. The summed E-state index contributed by atoms with van der Waals surface area (Å²) in [7, 11) is 1.59. The van der Waals surface area contributed by atoms with Crippen molar-refractivity contribution in [1.29, 1.82) is 0 Å². The van der Waals surface area contributed by atoms with Crippen LogP contribution in [0.1, 0.15) is 24.0 Å². The lowest BCUT2D eigenvalue weighted by Gasteiger charge is -2.12. The van der Waals surface area contributed by atoms with Gasteiger partial charge >= 0.3 is 17.7 Å². The molecule has 1 N–H and O–H groups in total. The van der Waals surface area contributed by atoms with Crippen LogP contribution in [0.2, 0.25) is 0 Å². The molecule has 0 bridgehead atoms. The Balaban J connectivity index is 1.35.